The molecule has 256 valence electrons. The number of aliphatic hydroxyl groups excluding tert-OH is 11. The Morgan fingerprint density at radius 1 is 0.727 bits per heavy atom. The van der Waals surface area contributed by atoms with E-state index in [1.165, 1.54) is 0 Å². The second-order valence-electron chi connectivity index (χ2n) is 10.7. The molecule has 0 saturated carbocycles. The molecule has 0 aromatic rings. The monoisotopic (exact) mass is 650 g/mol. The largest absolute Gasteiger partial charge is 0.477 e. The van der Waals surface area contributed by atoms with Crippen molar-refractivity contribution in [3.05, 3.63) is 0 Å². The van der Waals surface area contributed by atoms with Crippen LogP contribution in [0.3, 0.4) is 0 Å². The first-order chi connectivity index (χ1) is 20.5. The van der Waals surface area contributed by atoms with Gasteiger partial charge < -0.3 is 95.2 Å². The number of hydrogen-bond acceptors (Lipinski definition) is 19. The minimum absolute atomic E-state index is 1.01. The van der Waals surface area contributed by atoms with E-state index in [2.05, 4.69) is 0 Å². The third-order valence-corrected chi connectivity index (χ3v) is 7.63. The second-order valence-corrected chi connectivity index (χ2v) is 10.7. The minimum atomic E-state index is -3.29. The van der Waals surface area contributed by atoms with Gasteiger partial charge in [-0.3, -0.25) is 0 Å². The molecule has 0 bridgehead atoms. The highest BCUT2D eigenvalue weighted by Crippen LogP contribution is 2.41. The van der Waals surface area contributed by atoms with Crippen LogP contribution in [0.4, 0.5) is 0 Å². The maximum Gasteiger partial charge on any atom is 0.364 e. The summed E-state index contributed by atoms with van der Waals surface area (Å²) in [6.45, 7) is -3.31. The van der Waals surface area contributed by atoms with Gasteiger partial charge in [-0.25, -0.2) is 9.59 Å². The Bertz CT molecular complexity index is 986. The highest BCUT2D eigenvalue weighted by Gasteiger charge is 2.61. The van der Waals surface area contributed by atoms with Gasteiger partial charge >= 0.3 is 11.9 Å². The molecule has 21 nitrogen and oxygen atoms in total. The first-order valence-electron chi connectivity index (χ1n) is 13.3. The summed E-state index contributed by atoms with van der Waals surface area (Å²) in [4.78, 5) is 24.5. The molecule has 0 radical (unpaired) electrons. The van der Waals surface area contributed by atoms with Crippen LogP contribution in [-0.2, 0) is 33.3 Å². The number of carboxylic acids is 2. The Hall–Kier alpha value is -1.74. The molecule has 0 aliphatic carbocycles. The van der Waals surface area contributed by atoms with E-state index in [4.69, 9.17) is 23.7 Å². The molecule has 14 N–H and O–H groups in total. The molecular formula is C23H38O21. The van der Waals surface area contributed by atoms with Gasteiger partial charge in [-0.05, 0) is 0 Å². The van der Waals surface area contributed by atoms with Crippen molar-refractivity contribution >= 4 is 11.9 Å². The van der Waals surface area contributed by atoms with Crippen LogP contribution in [0.1, 0.15) is 12.8 Å². The van der Waals surface area contributed by atoms with Crippen LogP contribution in [0.2, 0.25) is 0 Å². The van der Waals surface area contributed by atoms with Crippen LogP contribution in [0, 0.1) is 0 Å². The lowest BCUT2D eigenvalue weighted by Gasteiger charge is -2.51. The summed E-state index contributed by atoms with van der Waals surface area (Å²) in [5, 5.41) is 141. The number of carbonyl (C=O) groups is 2. The van der Waals surface area contributed by atoms with E-state index in [0.29, 0.717) is 0 Å². The van der Waals surface area contributed by atoms with Gasteiger partial charge in [-0.1, -0.05) is 0 Å². The van der Waals surface area contributed by atoms with Crippen LogP contribution in [0.5, 0.6) is 0 Å². The molecule has 3 aliphatic heterocycles. The van der Waals surface area contributed by atoms with E-state index >= 15 is 0 Å². The van der Waals surface area contributed by atoms with Crippen LogP contribution < -0.4 is 0 Å². The zero-order chi connectivity index (χ0) is 33.3. The molecule has 0 spiro atoms. The third-order valence-electron chi connectivity index (χ3n) is 7.63. The number of aliphatic carboxylic acids is 2. The zero-order valence-electron chi connectivity index (χ0n) is 22.7. The molecule has 16 atom stereocenters. The molecule has 0 aromatic carbocycles. The predicted molar refractivity (Wildman–Crippen MR) is 130 cm³/mol. The van der Waals surface area contributed by atoms with E-state index in [-0.39, 0.29) is 0 Å². The smallest absolute Gasteiger partial charge is 0.364 e. The minimum Gasteiger partial charge on any atom is -0.477 e. The second kappa shape index (κ2) is 14.4. The number of hydrogen-bond donors (Lipinski definition) is 14. The SMILES string of the molecule is O=C(O)[C@@]1(O[C@@H]2C[C@@](O)(C(=O)O)O[C@H]([C@H](O)CO)[C@@H]2O[C@H]2O[C@H]([C@@H](O)CO)[C@@H](O)[C@H](O)[C@@H]2O)C[C@@H](O)[C@@H](O)[C@@H]([C@H](O)CO)O1. The third kappa shape index (κ3) is 7.13. The summed E-state index contributed by atoms with van der Waals surface area (Å²) in [6.07, 6.45) is -31.0. The Balaban J connectivity index is 2.09. The van der Waals surface area contributed by atoms with Crippen LogP contribution in [-0.4, -0.2) is 200 Å². The van der Waals surface area contributed by atoms with Gasteiger partial charge in [0.1, 0.15) is 67.1 Å². The Morgan fingerprint density at radius 2 is 1.27 bits per heavy atom. The van der Waals surface area contributed by atoms with Gasteiger partial charge in [0, 0.05) is 12.8 Å². The van der Waals surface area contributed by atoms with Crippen LogP contribution in [0.25, 0.3) is 0 Å². The van der Waals surface area contributed by atoms with Gasteiger partial charge in [0.05, 0.1) is 32.0 Å². The van der Waals surface area contributed by atoms with Crippen molar-refractivity contribution in [2.45, 2.75) is 110 Å². The predicted octanol–water partition coefficient (Wildman–Crippen LogP) is -8.52. The van der Waals surface area contributed by atoms with Crippen molar-refractivity contribution in [1.29, 1.82) is 0 Å². The molecule has 3 fully saturated rings. The van der Waals surface area contributed by atoms with Gasteiger partial charge in [0.15, 0.2) is 6.29 Å². The maximum absolute atomic E-state index is 12.5. The van der Waals surface area contributed by atoms with E-state index in [1.54, 1.807) is 0 Å². The van der Waals surface area contributed by atoms with Crippen LogP contribution in [0.15, 0.2) is 0 Å². The molecule has 0 aromatic heterocycles. The van der Waals surface area contributed by atoms with Crippen molar-refractivity contribution in [3.8, 4) is 0 Å². The molecule has 21 heteroatoms. The molecular weight excluding hydrogens is 612 g/mol. The average molecular weight is 651 g/mol. The quantitative estimate of drug-likeness (QED) is 0.0932. The van der Waals surface area contributed by atoms with Crippen molar-refractivity contribution in [2.24, 2.45) is 0 Å². The van der Waals surface area contributed by atoms with Gasteiger partial charge in [-0.2, -0.15) is 0 Å². The number of aliphatic hydroxyl groups is 12. The normalized spacial score (nSPS) is 45.3. The number of ether oxygens (including phenoxy) is 5. The van der Waals surface area contributed by atoms with Crippen LogP contribution >= 0.6 is 0 Å². The highest BCUT2D eigenvalue weighted by atomic mass is 16.8. The Kier molecular flexibility index (Phi) is 12.0. The maximum atomic E-state index is 12.5. The topological polar surface area (TPSA) is 364 Å². The summed E-state index contributed by atoms with van der Waals surface area (Å²) < 4.78 is 26.9. The van der Waals surface area contributed by atoms with Crippen molar-refractivity contribution in [2.75, 3.05) is 19.8 Å². The lowest BCUT2D eigenvalue weighted by Crippen LogP contribution is -2.69. The molecule has 3 rings (SSSR count). The zero-order valence-corrected chi connectivity index (χ0v) is 22.7. The Morgan fingerprint density at radius 3 is 1.80 bits per heavy atom. The van der Waals surface area contributed by atoms with E-state index < -0.39 is 142 Å². The number of rotatable bonds is 12. The standard InChI is InChI=1S/C23H38O21/c24-3-7(28)15-13(33)12(32)14(34)19(40-15)41-18-10(2-22(39,20(35)36)43-17(18)9(30)5-26)42-23(21(37)38)1-6(27)11(31)16(44-23)8(29)4-25/h6-19,24-34,39H,1-5H2,(H,35,36)(H,37,38)/t6-,7+,8-,9-,10-,11-,12+,13+,14+,15-,16-,17-,18-,19-,22+,23-/m1/s1. The summed E-state index contributed by atoms with van der Waals surface area (Å²) in [5.41, 5.74) is 0. The summed E-state index contributed by atoms with van der Waals surface area (Å²) in [7, 11) is 0. The fraction of sp³-hybridized carbons (Fsp3) is 0.913. The summed E-state index contributed by atoms with van der Waals surface area (Å²) in [5.74, 6) is -10.5. The summed E-state index contributed by atoms with van der Waals surface area (Å²) >= 11 is 0. The molecule has 3 saturated heterocycles. The Labute approximate surface area is 247 Å². The van der Waals surface area contributed by atoms with E-state index in [0.717, 1.165) is 0 Å². The fourth-order valence-corrected chi connectivity index (χ4v) is 5.19. The molecule has 0 unspecified atom stereocenters. The van der Waals surface area contributed by atoms with E-state index in [9.17, 15) is 81.1 Å². The molecule has 44 heavy (non-hydrogen) atoms. The average Bonchev–Trinajstić information content (AvgIpc) is 2.98. The molecule has 3 aliphatic rings. The first kappa shape index (κ1) is 36.7. The molecule has 3 heterocycles. The lowest BCUT2D eigenvalue weighted by atomic mass is 9.89. The van der Waals surface area contributed by atoms with Gasteiger partial charge in [0.2, 0.25) is 0 Å². The lowest BCUT2D eigenvalue weighted by molar-refractivity contribution is -0.393. The van der Waals surface area contributed by atoms with Crippen molar-refractivity contribution < 1.29 is 105 Å². The number of carboxylic acid groups (broad SMARTS) is 2. The summed E-state index contributed by atoms with van der Waals surface area (Å²) in [6, 6.07) is 0. The van der Waals surface area contributed by atoms with Gasteiger partial charge in [0.25, 0.3) is 11.6 Å². The fourth-order valence-electron chi connectivity index (χ4n) is 5.19. The van der Waals surface area contributed by atoms with Crippen molar-refractivity contribution in [3.63, 3.8) is 0 Å². The highest BCUT2D eigenvalue weighted by molar-refractivity contribution is 5.76. The first-order valence-corrected chi connectivity index (χ1v) is 13.3. The van der Waals surface area contributed by atoms with Gasteiger partial charge in [-0.15, -0.1) is 0 Å². The van der Waals surface area contributed by atoms with E-state index in [1.807, 2.05) is 0 Å². The molecule has 0 amide bonds. The van der Waals surface area contributed by atoms with Crippen molar-refractivity contribution in [1.82, 2.24) is 0 Å².